The molecule has 0 saturated carbocycles. The summed E-state index contributed by atoms with van der Waals surface area (Å²) >= 11 is 0. The van der Waals surface area contributed by atoms with Crippen molar-refractivity contribution in [2.24, 2.45) is 0 Å². The van der Waals surface area contributed by atoms with Gasteiger partial charge in [0.2, 0.25) is 5.91 Å². The van der Waals surface area contributed by atoms with E-state index in [1.165, 1.54) is 17.4 Å². The molecule has 0 aliphatic carbocycles. The van der Waals surface area contributed by atoms with Crippen LogP contribution in [0.15, 0.2) is 23.0 Å². The third kappa shape index (κ3) is 2.38. The molecule has 98 valence electrons. The van der Waals surface area contributed by atoms with Crippen LogP contribution in [0.3, 0.4) is 0 Å². The SMILES string of the molecule is CN(C)C(=O)C1CNCCN1C(=O)c1ccoc1. The summed E-state index contributed by atoms with van der Waals surface area (Å²) in [7, 11) is 3.38. The topological polar surface area (TPSA) is 65.8 Å². The Morgan fingerprint density at radius 3 is 2.89 bits per heavy atom. The summed E-state index contributed by atoms with van der Waals surface area (Å²) in [6, 6.07) is 1.16. The van der Waals surface area contributed by atoms with Gasteiger partial charge in [0.05, 0.1) is 11.8 Å². The van der Waals surface area contributed by atoms with Gasteiger partial charge in [-0.2, -0.15) is 0 Å². The highest BCUT2D eigenvalue weighted by Crippen LogP contribution is 2.12. The number of hydrogen-bond donors (Lipinski definition) is 1. The zero-order valence-corrected chi connectivity index (χ0v) is 10.5. The molecule has 2 rings (SSSR count). The van der Waals surface area contributed by atoms with Crippen molar-refractivity contribution in [3.8, 4) is 0 Å². The lowest BCUT2D eigenvalue weighted by Crippen LogP contribution is -2.59. The molecule has 2 amide bonds. The van der Waals surface area contributed by atoms with E-state index in [1.54, 1.807) is 25.1 Å². The Morgan fingerprint density at radius 2 is 2.28 bits per heavy atom. The van der Waals surface area contributed by atoms with Gasteiger partial charge in [0.1, 0.15) is 12.3 Å². The Hall–Kier alpha value is -1.82. The molecule has 0 radical (unpaired) electrons. The van der Waals surface area contributed by atoms with Crippen LogP contribution < -0.4 is 5.32 Å². The number of carbonyl (C=O) groups is 2. The molecule has 6 heteroatoms. The number of carbonyl (C=O) groups excluding carboxylic acids is 2. The van der Waals surface area contributed by atoms with E-state index in [1.807, 2.05) is 0 Å². The average Bonchev–Trinajstić information content (AvgIpc) is 2.90. The highest BCUT2D eigenvalue weighted by atomic mass is 16.3. The van der Waals surface area contributed by atoms with E-state index >= 15 is 0 Å². The van der Waals surface area contributed by atoms with E-state index in [4.69, 9.17) is 4.42 Å². The molecule has 1 atom stereocenters. The number of rotatable bonds is 2. The fourth-order valence-electron chi connectivity index (χ4n) is 2.02. The monoisotopic (exact) mass is 251 g/mol. The molecule has 1 aliphatic rings. The Bertz CT molecular complexity index is 428. The number of likely N-dealkylation sites (N-methyl/N-ethyl adjacent to an activating group) is 1. The standard InChI is InChI=1S/C12H17N3O3/c1-14(2)12(17)10-7-13-4-5-15(10)11(16)9-3-6-18-8-9/h3,6,8,10,13H,4-5,7H2,1-2H3. The molecule has 1 aliphatic heterocycles. The number of nitrogens with zero attached hydrogens (tertiary/aromatic N) is 2. The van der Waals surface area contributed by atoms with Crippen LogP contribution in [-0.2, 0) is 4.79 Å². The zero-order valence-electron chi connectivity index (χ0n) is 10.5. The summed E-state index contributed by atoms with van der Waals surface area (Å²) in [5.41, 5.74) is 0.480. The zero-order chi connectivity index (χ0) is 13.1. The molecule has 1 N–H and O–H groups in total. The second-order valence-corrected chi connectivity index (χ2v) is 4.46. The lowest BCUT2D eigenvalue weighted by molar-refractivity contribution is -0.134. The van der Waals surface area contributed by atoms with Crippen molar-refractivity contribution in [1.82, 2.24) is 15.1 Å². The van der Waals surface area contributed by atoms with Crippen LogP contribution in [0, 0.1) is 0 Å². The van der Waals surface area contributed by atoms with Gasteiger partial charge < -0.3 is 19.5 Å². The molecule has 0 aromatic carbocycles. The Morgan fingerprint density at radius 1 is 1.50 bits per heavy atom. The van der Waals surface area contributed by atoms with E-state index in [0.29, 0.717) is 25.2 Å². The second kappa shape index (κ2) is 5.22. The molecule has 1 unspecified atom stereocenters. The quantitative estimate of drug-likeness (QED) is 0.789. The van der Waals surface area contributed by atoms with E-state index < -0.39 is 6.04 Å². The van der Waals surface area contributed by atoms with Crippen LogP contribution in [0.25, 0.3) is 0 Å². The molecular formula is C12H17N3O3. The van der Waals surface area contributed by atoms with Gasteiger partial charge in [-0.3, -0.25) is 9.59 Å². The Labute approximate surface area is 106 Å². The van der Waals surface area contributed by atoms with Gasteiger partial charge in [-0.25, -0.2) is 0 Å². The van der Waals surface area contributed by atoms with Gasteiger partial charge in [0, 0.05) is 33.7 Å². The maximum Gasteiger partial charge on any atom is 0.257 e. The second-order valence-electron chi connectivity index (χ2n) is 4.46. The lowest BCUT2D eigenvalue weighted by Gasteiger charge is -2.36. The minimum absolute atomic E-state index is 0.0703. The van der Waals surface area contributed by atoms with Gasteiger partial charge in [-0.15, -0.1) is 0 Å². The highest BCUT2D eigenvalue weighted by Gasteiger charge is 2.33. The van der Waals surface area contributed by atoms with Crippen molar-refractivity contribution in [2.45, 2.75) is 6.04 Å². The van der Waals surface area contributed by atoms with Gasteiger partial charge in [0.25, 0.3) is 5.91 Å². The maximum absolute atomic E-state index is 12.3. The molecule has 2 heterocycles. The Kier molecular flexibility index (Phi) is 3.66. The number of hydrogen-bond acceptors (Lipinski definition) is 4. The molecule has 6 nitrogen and oxygen atoms in total. The van der Waals surface area contributed by atoms with E-state index in [9.17, 15) is 9.59 Å². The normalized spacial score (nSPS) is 19.7. The lowest BCUT2D eigenvalue weighted by atomic mass is 10.1. The van der Waals surface area contributed by atoms with Crippen LogP contribution in [0.1, 0.15) is 10.4 Å². The van der Waals surface area contributed by atoms with Crippen LogP contribution in [-0.4, -0.2) is 61.4 Å². The fourth-order valence-corrected chi connectivity index (χ4v) is 2.02. The minimum Gasteiger partial charge on any atom is -0.472 e. The first-order chi connectivity index (χ1) is 8.61. The maximum atomic E-state index is 12.3. The molecule has 1 aromatic heterocycles. The average molecular weight is 251 g/mol. The van der Waals surface area contributed by atoms with Crippen molar-refractivity contribution in [3.63, 3.8) is 0 Å². The van der Waals surface area contributed by atoms with Crippen LogP contribution in [0.2, 0.25) is 0 Å². The molecule has 18 heavy (non-hydrogen) atoms. The van der Waals surface area contributed by atoms with Gasteiger partial charge in [-0.05, 0) is 6.07 Å². The van der Waals surface area contributed by atoms with E-state index in [0.717, 1.165) is 0 Å². The summed E-state index contributed by atoms with van der Waals surface area (Å²) in [5.74, 6) is -0.232. The summed E-state index contributed by atoms with van der Waals surface area (Å²) in [6.07, 6.45) is 2.86. The van der Waals surface area contributed by atoms with Crippen molar-refractivity contribution in [2.75, 3.05) is 33.7 Å². The minimum atomic E-state index is -0.448. The molecule has 1 saturated heterocycles. The summed E-state index contributed by atoms with van der Waals surface area (Å²) in [5, 5.41) is 3.14. The number of piperazine rings is 1. The van der Waals surface area contributed by atoms with Crippen molar-refractivity contribution in [3.05, 3.63) is 24.2 Å². The predicted molar refractivity (Wildman–Crippen MR) is 65.1 cm³/mol. The smallest absolute Gasteiger partial charge is 0.257 e. The molecule has 0 spiro atoms. The highest BCUT2D eigenvalue weighted by molar-refractivity contribution is 5.97. The van der Waals surface area contributed by atoms with Crippen LogP contribution >= 0.6 is 0 Å². The first-order valence-corrected chi connectivity index (χ1v) is 5.86. The first-order valence-electron chi connectivity index (χ1n) is 5.86. The van der Waals surface area contributed by atoms with Crippen molar-refractivity contribution < 1.29 is 14.0 Å². The van der Waals surface area contributed by atoms with E-state index in [-0.39, 0.29) is 11.8 Å². The van der Waals surface area contributed by atoms with Gasteiger partial charge >= 0.3 is 0 Å². The third-order valence-electron chi connectivity index (χ3n) is 3.00. The van der Waals surface area contributed by atoms with Gasteiger partial charge in [-0.1, -0.05) is 0 Å². The van der Waals surface area contributed by atoms with Gasteiger partial charge in [0.15, 0.2) is 0 Å². The molecule has 1 fully saturated rings. The number of amides is 2. The number of furan rings is 1. The summed E-state index contributed by atoms with van der Waals surface area (Å²) < 4.78 is 4.91. The number of nitrogens with one attached hydrogen (secondary N) is 1. The molecular weight excluding hydrogens is 234 g/mol. The van der Waals surface area contributed by atoms with Crippen molar-refractivity contribution >= 4 is 11.8 Å². The largest absolute Gasteiger partial charge is 0.472 e. The van der Waals surface area contributed by atoms with Crippen molar-refractivity contribution in [1.29, 1.82) is 0 Å². The first kappa shape index (κ1) is 12.6. The third-order valence-corrected chi connectivity index (χ3v) is 3.00. The molecule has 0 bridgehead atoms. The summed E-state index contributed by atoms with van der Waals surface area (Å²) in [4.78, 5) is 27.4. The fraction of sp³-hybridized carbons (Fsp3) is 0.500. The Balaban J connectivity index is 2.18. The van der Waals surface area contributed by atoms with Crippen LogP contribution in [0.5, 0.6) is 0 Å². The van der Waals surface area contributed by atoms with E-state index in [2.05, 4.69) is 5.32 Å². The van der Waals surface area contributed by atoms with Crippen LogP contribution in [0.4, 0.5) is 0 Å². The predicted octanol–water partition coefficient (Wildman–Crippen LogP) is -0.218. The summed E-state index contributed by atoms with van der Waals surface area (Å²) in [6.45, 7) is 1.70. The molecule has 1 aromatic rings.